The number of halogens is 2. The quantitative estimate of drug-likeness (QED) is 0.0389. The van der Waals surface area contributed by atoms with E-state index in [-0.39, 0.29) is 72.8 Å². The third-order valence-electron chi connectivity index (χ3n) is 13.3. The first kappa shape index (κ1) is 52.0. The van der Waals surface area contributed by atoms with Crippen LogP contribution >= 0.6 is 30.3 Å². The molecular formula is C51H53F2N6O10PS2. The molecule has 0 spiro atoms. The number of likely N-dealkylation sites (tertiary alicyclic amines) is 1. The van der Waals surface area contributed by atoms with Crippen LogP contribution in [0, 0.1) is 17.3 Å². The zero-order chi connectivity index (χ0) is 51.9. The minimum absolute atomic E-state index is 0.0108. The van der Waals surface area contributed by atoms with Crippen LogP contribution in [0.2, 0.25) is 0 Å². The molecule has 3 aliphatic heterocycles. The number of nitrogens with zero attached hydrogens (tertiary/aromatic N) is 4. The van der Waals surface area contributed by atoms with Crippen molar-refractivity contribution in [2.75, 3.05) is 31.6 Å². The Kier molecular flexibility index (Phi) is 14.9. The molecule has 7 amide bonds. The molecule has 2 fully saturated rings. The first-order valence-electron chi connectivity index (χ1n) is 23.4. The van der Waals surface area contributed by atoms with Crippen molar-refractivity contribution < 1.29 is 56.7 Å². The van der Waals surface area contributed by atoms with Crippen molar-refractivity contribution in [1.29, 1.82) is 0 Å². The predicted molar refractivity (Wildman–Crippen MR) is 268 cm³/mol. The summed E-state index contributed by atoms with van der Waals surface area (Å²) in [4.78, 5) is 119. The zero-order valence-electron chi connectivity index (χ0n) is 39.9. The van der Waals surface area contributed by atoms with Crippen molar-refractivity contribution in [2.45, 2.75) is 96.1 Å². The highest BCUT2D eigenvalue weighted by atomic mass is 32.1. The number of unbranched alkanes of at least 4 members (excludes halogenated alkanes) is 1. The molecule has 2 saturated heterocycles. The van der Waals surface area contributed by atoms with Crippen LogP contribution in [-0.4, -0.2) is 111 Å². The van der Waals surface area contributed by atoms with Gasteiger partial charge < -0.3 is 34.7 Å². The molecule has 0 saturated carbocycles. The van der Waals surface area contributed by atoms with Gasteiger partial charge >= 0.3 is 13.3 Å². The number of carbonyl (C=O) groups is 7. The van der Waals surface area contributed by atoms with E-state index in [9.17, 15) is 56.7 Å². The minimum Gasteiger partial charge on any atom is -0.346 e. The van der Waals surface area contributed by atoms with Gasteiger partial charge in [0.05, 0.1) is 4.88 Å². The van der Waals surface area contributed by atoms with E-state index in [1.807, 2.05) is 35.7 Å². The summed E-state index contributed by atoms with van der Waals surface area (Å²) in [6.45, 7) is 6.10. The molecule has 5 heterocycles. The number of hydrogen-bond donors (Lipinski definition) is 4. The molecule has 2 aromatic heterocycles. The topological polar surface area (TPSA) is 214 Å². The van der Waals surface area contributed by atoms with E-state index >= 15 is 0 Å². The number of piperidine rings is 1. The van der Waals surface area contributed by atoms with Crippen LogP contribution in [0.3, 0.4) is 0 Å². The Balaban J connectivity index is 0.919. The van der Waals surface area contributed by atoms with Gasteiger partial charge in [0.1, 0.15) is 18.1 Å². The predicted octanol–water partition coefficient (Wildman–Crippen LogP) is 6.95. The number of imide groups is 1. The van der Waals surface area contributed by atoms with Crippen LogP contribution in [0.1, 0.15) is 102 Å². The van der Waals surface area contributed by atoms with Crippen LogP contribution in [0.5, 0.6) is 0 Å². The average Bonchev–Trinajstić information content (AvgIpc) is 4.16. The molecule has 0 bridgehead atoms. The fourth-order valence-electron chi connectivity index (χ4n) is 9.27. The van der Waals surface area contributed by atoms with E-state index in [0.29, 0.717) is 53.7 Å². The van der Waals surface area contributed by atoms with Gasteiger partial charge in [-0.1, -0.05) is 44.7 Å². The lowest BCUT2D eigenvalue weighted by Gasteiger charge is -2.36. The number of alkyl halides is 2. The van der Waals surface area contributed by atoms with Gasteiger partial charge in [-0.3, -0.25) is 43.4 Å². The second kappa shape index (κ2) is 20.6. The van der Waals surface area contributed by atoms with Gasteiger partial charge in [-0.25, -0.2) is 0 Å². The second-order valence-electron chi connectivity index (χ2n) is 19.2. The monoisotopic (exact) mass is 1040 g/mol. The summed E-state index contributed by atoms with van der Waals surface area (Å²) in [6, 6.07) is 14.4. The first-order valence-corrected chi connectivity index (χ1v) is 26.7. The van der Waals surface area contributed by atoms with E-state index < -0.39 is 60.1 Å². The van der Waals surface area contributed by atoms with Crippen LogP contribution in [0.4, 0.5) is 14.5 Å². The lowest BCUT2D eigenvalue weighted by molar-refractivity contribution is -0.141. The number of anilines is 1. The van der Waals surface area contributed by atoms with Crippen molar-refractivity contribution in [2.24, 2.45) is 5.41 Å². The summed E-state index contributed by atoms with van der Waals surface area (Å²) in [5.74, 6) is 3.41. The lowest BCUT2D eigenvalue weighted by atomic mass is 9.85. The number of amides is 7. The average molecular weight is 1040 g/mol. The molecule has 1 unspecified atom stereocenters. The van der Waals surface area contributed by atoms with E-state index in [1.165, 1.54) is 21.9 Å². The Hall–Kier alpha value is -6.36. The van der Waals surface area contributed by atoms with E-state index in [4.69, 9.17) is 0 Å². The molecule has 21 heteroatoms. The van der Waals surface area contributed by atoms with Crippen LogP contribution in [0.25, 0.3) is 20.2 Å². The zero-order valence-corrected chi connectivity index (χ0v) is 42.4. The number of rotatable bonds is 14. The van der Waals surface area contributed by atoms with E-state index in [1.54, 1.807) is 61.1 Å². The van der Waals surface area contributed by atoms with E-state index in [0.717, 1.165) is 39.1 Å². The summed E-state index contributed by atoms with van der Waals surface area (Å²) < 4.78 is 42.0. The van der Waals surface area contributed by atoms with Gasteiger partial charge in [0, 0.05) is 84.3 Å². The Morgan fingerprint density at radius 2 is 1.74 bits per heavy atom. The Morgan fingerprint density at radius 3 is 2.47 bits per heavy atom. The molecule has 0 radical (unpaired) electrons. The highest BCUT2D eigenvalue weighted by Gasteiger charge is 2.50. The first-order chi connectivity index (χ1) is 34.0. The number of hydrogen-bond acceptors (Lipinski definition) is 10. The Morgan fingerprint density at radius 1 is 0.972 bits per heavy atom. The van der Waals surface area contributed by atoms with Crippen LogP contribution in [-0.2, 0) is 40.7 Å². The smallest absolute Gasteiger partial charge is 0.346 e. The van der Waals surface area contributed by atoms with Gasteiger partial charge in [0.25, 0.3) is 11.8 Å². The summed E-state index contributed by atoms with van der Waals surface area (Å²) in [5, 5.41) is 8.13. The van der Waals surface area contributed by atoms with Crippen molar-refractivity contribution in [3.05, 3.63) is 99.2 Å². The van der Waals surface area contributed by atoms with Crippen molar-refractivity contribution in [3.63, 3.8) is 0 Å². The SMILES string of the molecule is CN(CCCC#Cc1cccc2c1CN(C1CCC(=O)NC1=O)C2=O)C(=O)CCN(C(=O)[C@@H]1CCCN1C(=O)[C@@H](NC(=O)c1cc2cc(C(F)(F)P(=O)(O)O)ccc2s1)C(C)(C)C)c1ccc2sccc2c1. The molecule has 378 valence electrons. The molecular weight excluding hydrogens is 990 g/mol. The molecule has 72 heavy (non-hydrogen) atoms. The fraction of sp³-hybridized carbons (Fsp3) is 0.392. The molecule has 0 aliphatic carbocycles. The van der Waals surface area contributed by atoms with Gasteiger partial charge in [-0.2, -0.15) is 8.78 Å². The third kappa shape index (κ3) is 10.7. The minimum atomic E-state index is -5.84. The molecule has 5 aromatic rings. The highest BCUT2D eigenvalue weighted by molar-refractivity contribution is 7.52. The standard InChI is InChI=1S/C51H53F2N6O10PS2/c1-50(2,3)44(55-46(63)41-28-32-26-33(14-17-40(32)72-41)51(52,53)70(67,68)69)49(66)58-23-9-13-38(58)48(65)57(34-15-18-39-31(27-34)21-25-71-39)24-20-43(61)56(4)22-7-5-6-10-30-11-8-12-35-36(30)29-59(47(35)64)37-16-19-42(60)54-45(37)62/h8,11-12,14-15,17-18,21,25-28,37-38,44H,5,7,9,13,16,19-20,22-24,29H2,1-4H3,(H,55,63)(H,54,60,62)(H2,67,68,69)/t37?,38-,44+/m0/s1. The number of thiophene rings is 2. The maximum Gasteiger partial charge on any atom is 0.399 e. The fourth-order valence-corrected chi connectivity index (χ4v) is 11.5. The summed E-state index contributed by atoms with van der Waals surface area (Å²) in [5.41, 5.74) is -3.81. The molecule has 3 atom stereocenters. The number of fused-ring (bicyclic) bond motifs is 3. The number of nitrogens with one attached hydrogen (secondary N) is 2. The summed E-state index contributed by atoms with van der Waals surface area (Å²) >= 11 is 2.50. The van der Waals surface area contributed by atoms with Crippen molar-refractivity contribution >= 4 is 97.5 Å². The summed E-state index contributed by atoms with van der Waals surface area (Å²) in [6.07, 6.45) is 2.19. The molecule has 3 aliphatic rings. The third-order valence-corrected chi connectivity index (χ3v) is 16.3. The Labute approximate surface area is 421 Å². The molecule has 3 aromatic carbocycles. The summed E-state index contributed by atoms with van der Waals surface area (Å²) in [7, 11) is -4.16. The Bertz CT molecular complexity index is 3130. The molecule has 8 rings (SSSR count). The van der Waals surface area contributed by atoms with Crippen LogP contribution in [0.15, 0.2) is 72.1 Å². The second-order valence-corrected chi connectivity index (χ2v) is 22.9. The van der Waals surface area contributed by atoms with Gasteiger partial charge in [-0.05, 0) is 107 Å². The number of carbonyl (C=O) groups excluding carboxylic acids is 7. The maximum atomic E-state index is 14.8. The largest absolute Gasteiger partial charge is 0.399 e. The lowest BCUT2D eigenvalue weighted by Crippen LogP contribution is -2.58. The van der Waals surface area contributed by atoms with Gasteiger partial charge in [0.15, 0.2) is 0 Å². The van der Waals surface area contributed by atoms with Gasteiger partial charge in [0.2, 0.25) is 29.5 Å². The normalized spacial score (nSPS) is 17.6. The molecule has 16 nitrogen and oxygen atoms in total. The molecule has 4 N–H and O–H groups in total. The van der Waals surface area contributed by atoms with E-state index in [2.05, 4.69) is 22.5 Å². The maximum absolute atomic E-state index is 14.8. The van der Waals surface area contributed by atoms with Crippen molar-refractivity contribution in [1.82, 2.24) is 25.3 Å². The highest BCUT2D eigenvalue weighted by Crippen LogP contribution is 2.59. The number of benzene rings is 3. The van der Waals surface area contributed by atoms with Crippen LogP contribution < -0.4 is 15.5 Å². The van der Waals surface area contributed by atoms with Crippen molar-refractivity contribution in [3.8, 4) is 11.8 Å². The van der Waals surface area contributed by atoms with Gasteiger partial charge in [-0.15, -0.1) is 22.7 Å².